The maximum Gasteiger partial charge on any atom is 0.249 e. The van der Waals surface area contributed by atoms with Crippen LogP contribution in [0.15, 0.2) is 21.8 Å². The Morgan fingerprint density at radius 2 is 2.08 bits per heavy atom. The van der Waals surface area contributed by atoms with Gasteiger partial charge in [0, 0.05) is 24.8 Å². The Labute approximate surface area is 146 Å². The molecule has 1 saturated heterocycles. The molecule has 11 heteroatoms. The lowest BCUT2D eigenvalue weighted by atomic mass is 10.2. The molecule has 3 rings (SSSR count). The van der Waals surface area contributed by atoms with Crippen LogP contribution in [0.25, 0.3) is 0 Å². The minimum Gasteiger partial charge on any atom is -0.360 e. The second-order valence-corrected chi connectivity index (χ2v) is 10.1. The van der Waals surface area contributed by atoms with E-state index < -0.39 is 25.9 Å². The van der Waals surface area contributed by atoms with Crippen LogP contribution in [0.3, 0.4) is 0 Å². The fourth-order valence-electron chi connectivity index (χ4n) is 3.03. The van der Waals surface area contributed by atoms with Crippen molar-refractivity contribution in [3.8, 4) is 0 Å². The van der Waals surface area contributed by atoms with Crippen LogP contribution >= 0.6 is 0 Å². The molecule has 1 aliphatic heterocycles. The molecule has 3 heterocycles. The molecule has 9 nitrogen and oxygen atoms in total. The molecule has 0 spiro atoms. The fraction of sp³-hybridized carbons (Fsp3) is 0.571. The molecule has 1 aliphatic rings. The molecular weight excluding hydrogens is 368 g/mol. The Kier molecular flexibility index (Phi) is 4.50. The number of rotatable bonds is 4. The second kappa shape index (κ2) is 6.22. The standard InChI is InChI=1S/C14H20N4O5S2/c1-4-17-8-12(7-15-17)13-9-24(19,20)6-5-18(13)25(21,22)14-10(2)16-23-11(14)3/h7-8,13H,4-6,9H2,1-3H3. The van der Waals surface area contributed by atoms with E-state index in [9.17, 15) is 16.8 Å². The third-order valence-electron chi connectivity index (χ3n) is 4.28. The van der Waals surface area contributed by atoms with Crippen LogP contribution in [-0.2, 0) is 26.4 Å². The predicted molar refractivity (Wildman–Crippen MR) is 89.2 cm³/mol. The van der Waals surface area contributed by atoms with E-state index in [2.05, 4.69) is 10.3 Å². The Balaban J connectivity index is 2.09. The minimum absolute atomic E-state index is 0.000295. The zero-order chi connectivity index (χ0) is 18.4. The van der Waals surface area contributed by atoms with Gasteiger partial charge in [-0.25, -0.2) is 16.8 Å². The van der Waals surface area contributed by atoms with Gasteiger partial charge in [-0.15, -0.1) is 0 Å². The highest BCUT2D eigenvalue weighted by Crippen LogP contribution is 2.34. The summed E-state index contributed by atoms with van der Waals surface area (Å²) in [5.74, 6) is -0.298. The van der Waals surface area contributed by atoms with Gasteiger partial charge in [-0.1, -0.05) is 5.16 Å². The highest BCUT2D eigenvalue weighted by atomic mass is 32.2. The predicted octanol–water partition coefficient (Wildman–Crippen LogP) is 0.668. The summed E-state index contributed by atoms with van der Waals surface area (Å²) in [7, 11) is -7.29. The molecule has 1 fully saturated rings. The molecule has 1 atom stereocenters. The average molecular weight is 388 g/mol. The fourth-order valence-corrected chi connectivity index (χ4v) is 6.64. The van der Waals surface area contributed by atoms with Crippen molar-refractivity contribution in [1.82, 2.24) is 19.2 Å². The monoisotopic (exact) mass is 388 g/mol. The van der Waals surface area contributed by atoms with E-state index in [1.54, 1.807) is 17.8 Å². The normalized spacial score (nSPS) is 21.5. The van der Waals surface area contributed by atoms with Crippen LogP contribution < -0.4 is 0 Å². The van der Waals surface area contributed by atoms with Gasteiger partial charge in [-0.05, 0) is 20.8 Å². The van der Waals surface area contributed by atoms with E-state index in [1.165, 1.54) is 17.4 Å². The van der Waals surface area contributed by atoms with Gasteiger partial charge < -0.3 is 4.52 Å². The lowest BCUT2D eigenvalue weighted by molar-refractivity contribution is 0.343. The number of aromatic nitrogens is 3. The van der Waals surface area contributed by atoms with E-state index in [0.717, 1.165) is 0 Å². The van der Waals surface area contributed by atoms with Crippen molar-refractivity contribution >= 4 is 19.9 Å². The minimum atomic E-state index is -3.95. The van der Waals surface area contributed by atoms with Crippen LogP contribution in [0, 0.1) is 13.8 Å². The number of sulfone groups is 1. The summed E-state index contributed by atoms with van der Waals surface area (Å²) in [5.41, 5.74) is 0.814. The first-order valence-corrected chi connectivity index (χ1v) is 11.1. The topological polar surface area (TPSA) is 115 Å². The van der Waals surface area contributed by atoms with Crippen molar-refractivity contribution in [2.24, 2.45) is 0 Å². The van der Waals surface area contributed by atoms with E-state index in [1.807, 2.05) is 6.92 Å². The third-order valence-corrected chi connectivity index (χ3v) is 8.06. The van der Waals surface area contributed by atoms with Gasteiger partial charge in [0.15, 0.2) is 15.6 Å². The van der Waals surface area contributed by atoms with Gasteiger partial charge >= 0.3 is 0 Å². The Hall–Kier alpha value is -1.72. The van der Waals surface area contributed by atoms with Gasteiger partial charge in [0.25, 0.3) is 0 Å². The summed E-state index contributed by atoms with van der Waals surface area (Å²) in [4.78, 5) is -0.000295. The first kappa shape index (κ1) is 18.1. The van der Waals surface area contributed by atoms with E-state index >= 15 is 0 Å². The Bertz CT molecular complexity index is 971. The SMILES string of the molecule is CCn1cc(C2CS(=O)(=O)CCN2S(=O)(=O)c2c(C)noc2C)cn1. The largest absolute Gasteiger partial charge is 0.360 e. The first-order chi connectivity index (χ1) is 11.7. The lowest BCUT2D eigenvalue weighted by Crippen LogP contribution is -2.46. The second-order valence-electron chi connectivity index (χ2n) is 6.03. The molecule has 0 saturated carbocycles. The molecule has 138 valence electrons. The molecule has 1 unspecified atom stereocenters. The van der Waals surface area contributed by atoms with Gasteiger partial charge in [0.2, 0.25) is 10.0 Å². The Morgan fingerprint density at radius 3 is 2.64 bits per heavy atom. The summed E-state index contributed by atoms with van der Waals surface area (Å²) in [5, 5.41) is 7.85. The molecule has 2 aromatic heterocycles. The zero-order valence-electron chi connectivity index (χ0n) is 14.2. The van der Waals surface area contributed by atoms with Crippen molar-refractivity contribution < 1.29 is 21.4 Å². The lowest BCUT2D eigenvalue weighted by Gasteiger charge is -2.33. The van der Waals surface area contributed by atoms with Crippen molar-refractivity contribution in [1.29, 1.82) is 0 Å². The maximum atomic E-state index is 13.2. The van der Waals surface area contributed by atoms with Crippen LogP contribution in [-0.4, -0.2) is 54.1 Å². The average Bonchev–Trinajstić information content (AvgIpc) is 3.13. The number of sulfonamides is 1. The molecule has 2 aromatic rings. The van der Waals surface area contributed by atoms with E-state index in [0.29, 0.717) is 12.1 Å². The number of nitrogens with zero attached hydrogens (tertiary/aromatic N) is 4. The van der Waals surface area contributed by atoms with Gasteiger partial charge in [-0.3, -0.25) is 4.68 Å². The first-order valence-electron chi connectivity index (χ1n) is 7.83. The zero-order valence-corrected chi connectivity index (χ0v) is 15.8. The summed E-state index contributed by atoms with van der Waals surface area (Å²) >= 11 is 0. The highest BCUT2D eigenvalue weighted by molar-refractivity contribution is 7.92. The van der Waals surface area contributed by atoms with Crippen LogP contribution in [0.2, 0.25) is 0 Å². The van der Waals surface area contributed by atoms with Crippen molar-refractivity contribution in [2.45, 2.75) is 38.3 Å². The number of hydrogen-bond donors (Lipinski definition) is 0. The molecule has 0 N–H and O–H groups in total. The highest BCUT2D eigenvalue weighted by Gasteiger charge is 2.42. The van der Waals surface area contributed by atoms with E-state index in [4.69, 9.17) is 4.52 Å². The van der Waals surface area contributed by atoms with Crippen molar-refractivity contribution in [3.05, 3.63) is 29.4 Å². The summed E-state index contributed by atoms with van der Waals surface area (Å²) in [6.45, 7) is 5.46. The van der Waals surface area contributed by atoms with Gasteiger partial charge in [-0.2, -0.15) is 9.40 Å². The van der Waals surface area contributed by atoms with Gasteiger partial charge in [0.05, 0.1) is 23.7 Å². The molecule has 25 heavy (non-hydrogen) atoms. The quantitative estimate of drug-likeness (QED) is 0.756. The number of aryl methyl sites for hydroxylation is 3. The molecule has 0 radical (unpaired) electrons. The summed E-state index contributed by atoms with van der Waals surface area (Å²) < 4.78 is 58.4. The Morgan fingerprint density at radius 1 is 1.36 bits per heavy atom. The molecule has 0 amide bonds. The maximum absolute atomic E-state index is 13.2. The third kappa shape index (κ3) is 3.23. The van der Waals surface area contributed by atoms with Crippen molar-refractivity contribution in [3.63, 3.8) is 0 Å². The van der Waals surface area contributed by atoms with Crippen LogP contribution in [0.4, 0.5) is 0 Å². The molecular formula is C14H20N4O5S2. The van der Waals surface area contributed by atoms with Gasteiger partial charge in [0.1, 0.15) is 10.6 Å². The molecule has 0 aromatic carbocycles. The summed E-state index contributed by atoms with van der Waals surface area (Å²) in [6.07, 6.45) is 3.20. The van der Waals surface area contributed by atoms with Crippen LogP contribution in [0.5, 0.6) is 0 Å². The summed E-state index contributed by atoms with van der Waals surface area (Å²) in [6, 6.07) is -0.822. The molecule has 0 aliphatic carbocycles. The van der Waals surface area contributed by atoms with E-state index in [-0.39, 0.29) is 34.4 Å². The van der Waals surface area contributed by atoms with Crippen LogP contribution in [0.1, 0.15) is 30.0 Å². The smallest absolute Gasteiger partial charge is 0.249 e. The number of hydrogen-bond acceptors (Lipinski definition) is 7. The van der Waals surface area contributed by atoms with Crippen molar-refractivity contribution in [2.75, 3.05) is 18.1 Å². The molecule has 0 bridgehead atoms.